The van der Waals surface area contributed by atoms with Crippen molar-refractivity contribution >= 4 is 11.6 Å². The summed E-state index contributed by atoms with van der Waals surface area (Å²) >= 11 is 0. The zero-order chi connectivity index (χ0) is 11.8. The number of nitrogens with one attached hydrogen (secondary N) is 2. The molecule has 0 heterocycles. The number of anilines is 1. The zero-order valence-electron chi connectivity index (χ0n) is 8.99. The van der Waals surface area contributed by atoms with Gasteiger partial charge in [0.25, 0.3) is 0 Å². The lowest BCUT2D eigenvalue weighted by atomic mass is 10.3. The molecule has 1 amide bonds. The van der Waals surface area contributed by atoms with Crippen molar-refractivity contribution < 1.29 is 9.53 Å². The fourth-order valence-corrected chi connectivity index (χ4v) is 1.12. The van der Waals surface area contributed by atoms with Crippen molar-refractivity contribution in [3.8, 4) is 11.8 Å². The first-order valence-electron chi connectivity index (χ1n) is 4.78. The predicted molar refractivity (Wildman–Crippen MR) is 60.1 cm³/mol. The van der Waals surface area contributed by atoms with Gasteiger partial charge in [-0.2, -0.15) is 5.26 Å². The van der Waals surface area contributed by atoms with Gasteiger partial charge in [0.05, 0.1) is 19.7 Å². The molecule has 84 valence electrons. The van der Waals surface area contributed by atoms with E-state index in [-0.39, 0.29) is 19.0 Å². The van der Waals surface area contributed by atoms with Gasteiger partial charge in [-0.05, 0) is 12.1 Å². The van der Waals surface area contributed by atoms with Crippen molar-refractivity contribution in [2.75, 3.05) is 25.5 Å². The van der Waals surface area contributed by atoms with Gasteiger partial charge in [0.1, 0.15) is 12.3 Å². The average Bonchev–Trinajstić information content (AvgIpc) is 2.34. The predicted octanol–water partition coefficient (Wildman–Crippen LogP) is 0.747. The Kier molecular flexibility index (Phi) is 4.67. The highest BCUT2D eigenvalue weighted by molar-refractivity contribution is 5.80. The molecule has 0 saturated carbocycles. The summed E-state index contributed by atoms with van der Waals surface area (Å²) in [4.78, 5) is 11.2. The van der Waals surface area contributed by atoms with Crippen LogP contribution in [0.5, 0.6) is 5.75 Å². The Hall–Kier alpha value is -2.22. The number of amides is 1. The van der Waals surface area contributed by atoms with Crippen LogP contribution in [0.15, 0.2) is 24.3 Å². The fourth-order valence-electron chi connectivity index (χ4n) is 1.12. The first-order chi connectivity index (χ1) is 7.76. The van der Waals surface area contributed by atoms with Crippen LogP contribution in [0.1, 0.15) is 0 Å². The van der Waals surface area contributed by atoms with Gasteiger partial charge < -0.3 is 15.4 Å². The maximum Gasteiger partial charge on any atom is 0.240 e. The number of nitrogens with zero attached hydrogens (tertiary/aromatic N) is 1. The molecule has 2 N–H and O–H groups in total. The van der Waals surface area contributed by atoms with E-state index < -0.39 is 0 Å². The van der Waals surface area contributed by atoms with E-state index in [0.29, 0.717) is 0 Å². The second kappa shape index (κ2) is 6.30. The van der Waals surface area contributed by atoms with Gasteiger partial charge in [-0.15, -0.1) is 0 Å². The molecular weight excluding hydrogens is 206 g/mol. The van der Waals surface area contributed by atoms with Crippen molar-refractivity contribution in [2.24, 2.45) is 0 Å². The van der Waals surface area contributed by atoms with E-state index in [0.717, 1.165) is 11.4 Å². The Morgan fingerprint density at radius 2 is 2.38 bits per heavy atom. The topological polar surface area (TPSA) is 74.2 Å². The minimum Gasteiger partial charge on any atom is -0.497 e. The van der Waals surface area contributed by atoms with Crippen LogP contribution in [0, 0.1) is 11.3 Å². The van der Waals surface area contributed by atoms with Crippen LogP contribution in [0.25, 0.3) is 0 Å². The van der Waals surface area contributed by atoms with E-state index in [2.05, 4.69) is 10.6 Å². The molecule has 16 heavy (non-hydrogen) atoms. The number of carbonyl (C=O) groups excluding carboxylic acids is 1. The first kappa shape index (κ1) is 11.9. The Morgan fingerprint density at radius 1 is 1.56 bits per heavy atom. The SMILES string of the molecule is COc1cccc(NCC(=O)NCC#N)c1. The largest absolute Gasteiger partial charge is 0.497 e. The molecule has 0 aliphatic carbocycles. The molecule has 1 aromatic rings. The highest BCUT2D eigenvalue weighted by Gasteiger charge is 2.00. The van der Waals surface area contributed by atoms with Gasteiger partial charge in [-0.1, -0.05) is 6.07 Å². The number of benzene rings is 1. The third-order valence-corrected chi connectivity index (χ3v) is 1.89. The maximum absolute atomic E-state index is 11.2. The average molecular weight is 219 g/mol. The highest BCUT2D eigenvalue weighted by Crippen LogP contribution is 2.16. The molecule has 0 saturated heterocycles. The molecule has 1 aromatic carbocycles. The van der Waals surface area contributed by atoms with Crippen molar-refractivity contribution in [3.63, 3.8) is 0 Å². The number of nitriles is 1. The molecule has 0 spiro atoms. The fraction of sp³-hybridized carbons (Fsp3) is 0.273. The smallest absolute Gasteiger partial charge is 0.240 e. The number of hydrogen-bond donors (Lipinski definition) is 2. The van der Waals surface area contributed by atoms with E-state index in [4.69, 9.17) is 10.00 Å². The zero-order valence-corrected chi connectivity index (χ0v) is 8.99. The quantitative estimate of drug-likeness (QED) is 0.716. The van der Waals surface area contributed by atoms with Crippen molar-refractivity contribution in [3.05, 3.63) is 24.3 Å². The minimum absolute atomic E-state index is 0.0264. The number of hydrogen-bond acceptors (Lipinski definition) is 4. The molecule has 0 radical (unpaired) electrons. The Bertz CT molecular complexity index is 398. The van der Waals surface area contributed by atoms with Crippen molar-refractivity contribution in [1.82, 2.24) is 5.32 Å². The lowest BCUT2D eigenvalue weighted by Gasteiger charge is -2.07. The lowest BCUT2D eigenvalue weighted by Crippen LogP contribution is -2.29. The monoisotopic (exact) mass is 219 g/mol. The Balaban J connectivity index is 2.42. The second-order valence-corrected chi connectivity index (χ2v) is 3.02. The van der Waals surface area contributed by atoms with Gasteiger partial charge in [0.15, 0.2) is 0 Å². The summed E-state index contributed by atoms with van der Waals surface area (Å²) in [6.45, 7) is 0.160. The van der Waals surface area contributed by atoms with E-state index >= 15 is 0 Å². The van der Waals surface area contributed by atoms with Crippen LogP contribution in [0.3, 0.4) is 0 Å². The summed E-state index contributed by atoms with van der Waals surface area (Å²) < 4.78 is 5.04. The molecule has 0 aliphatic rings. The normalized spacial score (nSPS) is 9.00. The van der Waals surface area contributed by atoms with Crippen LogP contribution in [-0.4, -0.2) is 26.1 Å². The van der Waals surface area contributed by atoms with Gasteiger partial charge in [0, 0.05) is 11.8 Å². The summed E-state index contributed by atoms with van der Waals surface area (Å²) in [7, 11) is 1.58. The summed E-state index contributed by atoms with van der Waals surface area (Å²) in [5.74, 6) is 0.506. The van der Waals surface area contributed by atoms with Gasteiger partial charge >= 0.3 is 0 Å². The molecule has 0 unspecified atom stereocenters. The van der Waals surface area contributed by atoms with Gasteiger partial charge in [-0.3, -0.25) is 4.79 Å². The molecule has 0 aromatic heterocycles. The Morgan fingerprint density at radius 3 is 3.06 bits per heavy atom. The summed E-state index contributed by atoms with van der Waals surface area (Å²) in [6, 6.07) is 9.11. The molecule has 5 heteroatoms. The van der Waals surface area contributed by atoms with E-state index in [1.54, 1.807) is 13.2 Å². The number of carbonyl (C=O) groups is 1. The molecule has 5 nitrogen and oxygen atoms in total. The van der Waals surface area contributed by atoms with Crippen LogP contribution in [0.2, 0.25) is 0 Å². The molecule has 0 aliphatic heterocycles. The number of ether oxygens (including phenoxy) is 1. The van der Waals surface area contributed by atoms with Crippen molar-refractivity contribution in [2.45, 2.75) is 0 Å². The van der Waals surface area contributed by atoms with Crippen LogP contribution >= 0.6 is 0 Å². The summed E-state index contributed by atoms with van der Waals surface area (Å²) in [5, 5.41) is 13.6. The van der Waals surface area contributed by atoms with E-state index in [1.165, 1.54) is 0 Å². The molecular formula is C11H13N3O2. The number of methoxy groups -OCH3 is 1. The maximum atomic E-state index is 11.2. The Labute approximate surface area is 94.0 Å². The third-order valence-electron chi connectivity index (χ3n) is 1.89. The molecule has 0 atom stereocenters. The lowest BCUT2D eigenvalue weighted by molar-refractivity contribution is -0.119. The van der Waals surface area contributed by atoms with Gasteiger partial charge in [-0.25, -0.2) is 0 Å². The van der Waals surface area contributed by atoms with Crippen LogP contribution in [-0.2, 0) is 4.79 Å². The third kappa shape index (κ3) is 3.88. The standard InChI is InChI=1S/C11H13N3O2/c1-16-10-4-2-3-9(7-10)14-8-11(15)13-6-5-12/h2-4,7,14H,6,8H2,1H3,(H,13,15). The summed E-state index contributed by atoms with van der Waals surface area (Å²) in [5.41, 5.74) is 0.798. The molecule has 1 rings (SSSR count). The van der Waals surface area contributed by atoms with Crippen molar-refractivity contribution in [1.29, 1.82) is 5.26 Å². The summed E-state index contributed by atoms with van der Waals surface area (Å²) in [6.07, 6.45) is 0. The minimum atomic E-state index is -0.218. The van der Waals surface area contributed by atoms with Gasteiger partial charge in [0.2, 0.25) is 5.91 Å². The highest BCUT2D eigenvalue weighted by atomic mass is 16.5. The van der Waals surface area contributed by atoms with E-state index in [1.807, 2.05) is 24.3 Å². The second-order valence-electron chi connectivity index (χ2n) is 3.02. The van der Waals surface area contributed by atoms with Crippen LogP contribution < -0.4 is 15.4 Å². The van der Waals surface area contributed by atoms with E-state index in [9.17, 15) is 4.79 Å². The number of rotatable bonds is 5. The van der Waals surface area contributed by atoms with Crippen LogP contribution in [0.4, 0.5) is 5.69 Å². The molecule has 0 bridgehead atoms. The molecule has 0 fully saturated rings. The first-order valence-corrected chi connectivity index (χ1v) is 4.78.